The van der Waals surface area contributed by atoms with Crippen LogP contribution in [0.4, 0.5) is 18.0 Å². The van der Waals surface area contributed by atoms with Gasteiger partial charge < -0.3 is 15.4 Å². The molecule has 2 amide bonds. The molecule has 0 aliphatic heterocycles. The summed E-state index contributed by atoms with van der Waals surface area (Å²) in [6.45, 7) is 3.77. The largest absolute Gasteiger partial charge is 0.416 e. The van der Waals surface area contributed by atoms with E-state index in [0.29, 0.717) is 31.7 Å². The molecule has 0 unspecified atom stereocenters. The van der Waals surface area contributed by atoms with Gasteiger partial charge in [0.1, 0.15) is 0 Å². The Morgan fingerprint density at radius 3 is 2.43 bits per heavy atom. The van der Waals surface area contributed by atoms with Crippen LogP contribution in [0.5, 0.6) is 0 Å². The first-order valence-electron chi connectivity index (χ1n) is 6.69. The summed E-state index contributed by atoms with van der Waals surface area (Å²) in [4.78, 5) is 11.4. The Morgan fingerprint density at radius 2 is 1.86 bits per heavy atom. The zero-order valence-corrected chi connectivity index (χ0v) is 11.8. The Hall–Kier alpha value is -1.76. The Kier molecular flexibility index (Phi) is 7.01. The molecule has 0 saturated carbocycles. The molecule has 1 rings (SSSR count). The predicted molar refractivity (Wildman–Crippen MR) is 72.8 cm³/mol. The number of hydrogen-bond donors (Lipinski definition) is 2. The average molecular weight is 304 g/mol. The summed E-state index contributed by atoms with van der Waals surface area (Å²) < 4.78 is 42.2. The van der Waals surface area contributed by atoms with Crippen LogP contribution < -0.4 is 10.6 Å². The first kappa shape index (κ1) is 17.3. The smallest absolute Gasteiger partial charge is 0.382 e. The number of ether oxygens (including phenoxy) is 1. The van der Waals surface area contributed by atoms with Gasteiger partial charge in [-0.05, 0) is 31.0 Å². The van der Waals surface area contributed by atoms with Gasteiger partial charge in [0.25, 0.3) is 0 Å². The molecule has 0 aliphatic carbocycles. The van der Waals surface area contributed by atoms with Crippen molar-refractivity contribution in [2.45, 2.75) is 26.1 Å². The zero-order chi connectivity index (χ0) is 15.7. The fourth-order valence-electron chi connectivity index (χ4n) is 1.58. The van der Waals surface area contributed by atoms with E-state index in [-0.39, 0.29) is 12.6 Å². The van der Waals surface area contributed by atoms with E-state index < -0.39 is 11.7 Å². The van der Waals surface area contributed by atoms with Crippen LogP contribution in [0.25, 0.3) is 0 Å². The third kappa shape index (κ3) is 6.99. The van der Waals surface area contributed by atoms with Crippen LogP contribution in [0.15, 0.2) is 24.3 Å². The fraction of sp³-hybridized carbons (Fsp3) is 0.500. The summed E-state index contributed by atoms with van der Waals surface area (Å²) in [5.41, 5.74) is -0.0981. The quantitative estimate of drug-likeness (QED) is 0.761. The van der Waals surface area contributed by atoms with Crippen LogP contribution in [0.1, 0.15) is 24.5 Å². The van der Waals surface area contributed by atoms with Gasteiger partial charge in [-0.2, -0.15) is 13.2 Å². The lowest BCUT2D eigenvalue weighted by Crippen LogP contribution is -2.35. The molecule has 0 aromatic heterocycles. The van der Waals surface area contributed by atoms with Gasteiger partial charge in [-0.3, -0.25) is 0 Å². The third-order valence-electron chi connectivity index (χ3n) is 2.69. The van der Waals surface area contributed by atoms with E-state index in [0.717, 1.165) is 12.1 Å². The minimum absolute atomic E-state index is 0.176. The third-order valence-corrected chi connectivity index (χ3v) is 2.69. The topological polar surface area (TPSA) is 50.4 Å². The first-order valence-corrected chi connectivity index (χ1v) is 6.69. The van der Waals surface area contributed by atoms with Gasteiger partial charge >= 0.3 is 12.2 Å². The number of carbonyl (C=O) groups excluding carboxylic acids is 1. The normalized spacial score (nSPS) is 11.2. The molecular weight excluding hydrogens is 285 g/mol. The monoisotopic (exact) mass is 304 g/mol. The summed E-state index contributed by atoms with van der Waals surface area (Å²) in [5, 5.41) is 5.21. The molecule has 0 fully saturated rings. The Bertz CT molecular complexity index is 433. The number of amides is 2. The molecule has 21 heavy (non-hydrogen) atoms. The molecule has 2 N–H and O–H groups in total. The van der Waals surface area contributed by atoms with Gasteiger partial charge in [-0.15, -0.1) is 0 Å². The molecule has 0 radical (unpaired) electrons. The SMILES string of the molecule is CCOCCCNC(=O)NCc1ccc(C(F)(F)F)cc1. The van der Waals surface area contributed by atoms with Crippen molar-refractivity contribution in [1.29, 1.82) is 0 Å². The summed E-state index contributed by atoms with van der Waals surface area (Å²) in [5.74, 6) is 0. The van der Waals surface area contributed by atoms with Gasteiger partial charge in [0.2, 0.25) is 0 Å². The van der Waals surface area contributed by atoms with Crippen LogP contribution >= 0.6 is 0 Å². The number of urea groups is 1. The Balaban J connectivity index is 2.27. The summed E-state index contributed by atoms with van der Waals surface area (Å²) >= 11 is 0. The van der Waals surface area contributed by atoms with Crippen molar-refractivity contribution in [2.75, 3.05) is 19.8 Å². The van der Waals surface area contributed by atoms with Crippen molar-refractivity contribution in [3.05, 3.63) is 35.4 Å². The minimum Gasteiger partial charge on any atom is -0.382 e. The zero-order valence-electron chi connectivity index (χ0n) is 11.8. The van der Waals surface area contributed by atoms with E-state index in [4.69, 9.17) is 4.74 Å². The maximum atomic E-state index is 12.4. The highest BCUT2D eigenvalue weighted by Crippen LogP contribution is 2.28. The molecule has 4 nitrogen and oxygen atoms in total. The van der Waals surface area contributed by atoms with Gasteiger partial charge in [0.15, 0.2) is 0 Å². The van der Waals surface area contributed by atoms with Crippen LogP contribution in [0, 0.1) is 0 Å². The van der Waals surface area contributed by atoms with E-state index in [1.165, 1.54) is 12.1 Å². The molecule has 0 atom stereocenters. The van der Waals surface area contributed by atoms with Crippen LogP contribution in [-0.4, -0.2) is 25.8 Å². The van der Waals surface area contributed by atoms with Crippen molar-refractivity contribution in [3.63, 3.8) is 0 Å². The fourth-order valence-corrected chi connectivity index (χ4v) is 1.58. The van der Waals surface area contributed by atoms with Crippen molar-refractivity contribution in [2.24, 2.45) is 0 Å². The van der Waals surface area contributed by atoms with E-state index in [1.54, 1.807) is 0 Å². The van der Waals surface area contributed by atoms with Crippen LogP contribution in [0.3, 0.4) is 0 Å². The Labute approximate surface area is 121 Å². The Morgan fingerprint density at radius 1 is 1.19 bits per heavy atom. The van der Waals surface area contributed by atoms with Crippen LogP contribution in [-0.2, 0) is 17.5 Å². The lowest BCUT2D eigenvalue weighted by atomic mass is 10.1. The number of carbonyl (C=O) groups is 1. The van der Waals surface area contributed by atoms with E-state index in [1.807, 2.05) is 6.92 Å². The van der Waals surface area contributed by atoms with E-state index >= 15 is 0 Å². The highest BCUT2D eigenvalue weighted by molar-refractivity contribution is 5.73. The maximum absolute atomic E-state index is 12.4. The van der Waals surface area contributed by atoms with Gasteiger partial charge in [0.05, 0.1) is 5.56 Å². The molecule has 1 aromatic rings. The number of halogens is 3. The summed E-state index contributed by atoms with van der Waals surface area (Å²) in [6.07, 6.45) is -3.63. The molecule has 1 aromatic carbocycles. The van der Waals surface area contributed by atoms with Gasteiger partial charge in [0, 0.05) is 26.3 Å². The lowest BCUT2D eigenvalue weighted by Gasteiger charge is -2.09. The van der Waals surface area contributed by atoms with Crippen molar-refractivity contribution >= 4 is 6.03 Å². The number of hydrogen-bond acceptors (Lipinski definition) is 2. The predicted octanol–water partition coefficient (Wildman–Crippen LogP) is 2.93. The molecule has 7 heteroatoms. The maximum Gasteiger partial charge on any atom is 0.416 e. The minimum atomic E-state index is -4.34. The molecule has 0 heterocycles. The van der Waals surface area contributed by atoms with Crippen molar-refractivity contribution < 1.29 is 22.7 Å². The number of benzene rings is 1. The number of alkyl halides is 3. The van der Waals surface area contributed by atoms with E-state index in [2.05, 4.69) is 10.6 Å². The second-order valence-corrected chi connectivity index (χ2v) is 4.35. The molecule has 0 aliphatic rings. The highest BCUT2D eigenvalue weighted by Gasteiger charge is 2.29. The molecule has 118 valence electrons. The van der Waals surface area contributed by atoms with Gasteiger partial charge in [-0.1, -0.05) is 12.1 Å². The van der Waals surface area contributed by atoms with Crippen molar-refractivity contribution in [3.8, 4) is 0 Å². The molecule has 0 bridgehead atoms. The second kappa shape index (κ2) is 8.51. The van der Waals surface area contributed by atoms with E-state index in [9.17, 15) is 18.0 Å². The van der Waals surface area contributed by atoms with Crippen LogP contribution in [0.2, 0.25) is 0 Å². The highest BCUT2D eigenvalue weighted by atomic mass is 19.4. The summed E-state index contributed by atoms with van der Waals surface area (Å²) in [7, 11) is 0. The number of nitrogens with one attached hydrogen (secondary N) is 2. The second-order valence-electron chi connectivity index (χ2n) is 4.35. The van der Waals surface area contributed by atoms with Crippen molar-refractivity contribution in [1.82, 2.24) is 10.6 Å². The lowest BCUT2D eigenvalue weighted by molar-refractivity contribution is -0.137. The summed E-state index contributed by atoms with van der Waals surface area (Å²) in [6, 6.07) is 4.33. The average Bonchev–Trinajstić information content (AvgIpc) is 2.44. The molecule has 0 spiro atoms. The standard InChI is InChI=1S/C14H19F3N2O2/c1-2-21-9-3-8-18-13(20)19-10-11-4-6-12(7-5-11)14(15,16)17/h4-7H,2-3,8-10H2,1H3,(H2,18,19,20). The molecule has 0 saturated heterocycles. The van der Waals surface area contributed by atoms with Gasteiger partial charge in [-0.25, -0.2) is 4.79 Å². The number of rotatable bonds is 7. The first-order chi connectivity index (χ1) is 9.93. The molecular formula is C14H19F3N2O2.